The minimum absolute atomic E-state index is 0.225. The van der Waals surface area contributed by atoms with Crippen LogP contribution < -0.4 is 10.1 Å². The number of methoxy groups -OCH3 is 1. The summed E-state index contributed by atoms with van der Waals surface area (Å²) in [5.41, 5.74) is 2.27. The van der Waals surface area contributed by atoms with E-state index in [-0.39, 0.29) is 5.41 Å². The summed E-state index contributed by atoms with van der Waals surface area (Å²) in [5, 5.41) is 4.03. The molecule has 1 N–H and O–H groups in total. The first-order valence-corrected chi connectivity index (χ1v) is 11.8. The average Bonchev–Trinajstić information content (AvgIpc) is 2.68. The fourth-order valence-corrected chi connectivity index (χ4v) is 5.94. The Kier molecular flexibility index (Phi) is 6.87. The van der Waals surface area contributed by atoms with Crippen molar-refractivity contribution in [3.63, 3.8) is 0 Å². The van der Waals surface area contributed by atoms with Crippen LogP contribution in [0.1, 0.15) is 37.7 Å². The van der Waals surface area contributed by atoms with Gasteiger partial charge in [-0.1, -0.05) is 56.1 Å². The number of anilines is 1. The largest absolute Gasteiger partial charge is 0.495 e. The van der Waals surface area contributed by atoms with E-state index in [1.54, 1.807) is 12.1 Å². The standard InChI is InChI=1S/C21H26Cl2NO4P/c1-5-14-6-8-16(9-7-14)24-20(29(25)27-12-21(2,3)13-28-29)17-10-15(22)11-18(23)19(17)26-4/h6-11,20,24H,5,12-13H2,1-4H3. The third kappa shape index (κ3) is 5.10. The molecule has 1 saturated heterocycles. The van der Waals surface area contributed by atoms with Crippen molar-refractivity contribution in [2.24, 2.45) is 5.41 Å². The van der Waals surface area contributed by atoms with Gasteiger partial charge >= 0.3 is 7.60 Å². The Balaban J connectivity index is 2.06. The van der Waals surface area contributed by atoms with E-state index >= 15 is 0 Å². The van der Waals surface area contributed by atoms with Gasteiger partial charge in [-0.3, -0.25) is 4.57 Å². The van der Waals surface area contributed by atoms with Crippen LogP contribution in [0, 0.1) is 5.41 Å². The van der Waals surface area contributed by atoms with Crippen LogP contribution in [0.3, 0.4) is 0 Å². The van der Waals surface area contributed by atoms with Crippen LogP contribution in [-0.4, -0.2) is 20.3 Å². The zero-order valence-electron chi connectivity index (χ0n) is 17.0. The van der Waals surface area contributed by atoms with Gasteiger partial charge in [0.1, 0.15) is 5.75 Å². The summed E-state index contributed by atoms with van der Waals surface area (Å²) >= 11 is 12.6. The number of rotatable bonds is 6. The third-order valence-corrected chi connectivity index (χ3v) is 7.30. The van der Waals surface area contributed by atoms with Crippen LogP contribution in [0.2, 0.25) is 10.0 Å². The highest BCUT2D eigenvalue weighted by Crippen LogP contribution is 2.65. The summed E-state index contributed by atoms with van der Waals surface area (Å²) in [6, 6.07) is 11.2. The summed E-state index contributed by atoms with van der Waals surface area (Å²) in [4.78, 5) is 0. The molecule has 1 fully saturated rings. The Hall–Kier alpha value is -1.23. The molecule has 0 amide bonds. The van der Waals surface area contributed by atoms with E-state index in [0.29, 0.717) is 34.6 Å². The predicted octanol–water partition coefficient (Wildman–Crippen LogP) is 6.94. The first-order chi connectivity index (χ1) is 13.7. The highest BCUT2D eigenvalue weighted by Gasteiger charge is 2.45. The quantitative estimate of drug-likeness (QED) is 0.475. The van der Waals surface area contributed by atoms with Gasteiger partial charge in [-0.05, 0) is 36.2 Å². The zero-order chi connectivity index (χ0) is 21.2. The van der Waals surface area contributed by atoms with Crippen LogP contribution in [0.4, 0.5) is 5.69 Å². The Morgan fingerprint density at radius 1 is 1.17 bits per heavy atom. The van der Waals surface area contributed by atoms with E-state index in [1.807, 2.05) is 38.1 Å². The maximum Gasteiger partial charge on any atom is 0.357 e. The molecule has 0 radical (unpaired) electrons. The smallest absolute Gasteiger partial charge is 0.357 e. The van der Waals surface area contributed by atoms with Gasteiger partial charge in [0.05, 0.1) is 25.3 Å². The SMILES string of the molecule is CCc1ccc(NC(c2cc(Cl)cc(Cl)c2OC)P2(=O)OCC(C)(C)CO2)cc1. The maximum atomic E-state index is 13.8. The topological polar surface area (TPSA) is 56.8 Å². The number of nitrogens with one attached hydrogen (secondary N) is 1. The molecule has 1 unspecified atom stereocenters. The van der Waals surface area contributed by atoms with E-state index < -0.39 is 13.4 Å². The van der Waals surface area contributed by atoms with Gasteiger partial charge in [-0.2, -0.15) is 0 Å². The maximum absolute atomic E-state index is 13.8. The minimum Gasteiger partial charge on any atom is -0.495 e. The number of hydrogen-bond acceptors (Lipinski definition) is 5. The van der Waals surface area contributed by atoms with Crippen LogP contribution in [0.15, 0.2) is 36.4 Å². The molecule has 1 aliphatic heterocycles. The lowest BCUT2D eigenvalue weighted by Gasteiger charge is -2.38. The summed E-state index contributed by atoms with van der Waals surface area (Å²) in [6.07, 6.45) is 0.932. The van der Waals surface area contributed by atoms with Crippen molar-refractivity contribution >= 4 is 36.5 Å². The first kappa shape index (κ1) is 22.5. The van der Waals surface area contributed by atoms with E-state index in [1.165, 1.54) is 12.7 Å². The Morgan fingerprint density at radius 3 is 2.34 bits per heavy atom. The molecule has 1 aliphatic rings. The molecule has 5 nitrogen and oxygen atoms in total. The van der Waals surface area contributed by atoms with Crippen LogP contribution in [-0.2, 0) is 20.0 Å². The van der Waals surface area contributed by atoms with Crippen molar-refractivity contribution < 1.29 is 18.3 Å². The second-order valence-electron chi connectivity index (χ2n) is 7.86. The summed E-state index contributed by atoms with van der Waals surface area (Å²) < 4.78 is 30.9. The molecule has 2 aromatic rings. The molecule has 29 heavy (non-hydrogen) atoms. The van der Waals surface area contributed by atoms with Crippen LogP contribution in [0.25, 0.3) is 0 Å². The molecule has 0 saturated carbocycles. The summed E-state index contributed by atoms with van der Waals surface area (Å²) in [6.45, 7) is 6.72. The molecule has 0 aromatic heterocycles. The molecule has 1 heterocycles. The number of hydrogen-bond donors (Lipinski definition) is 1. The van der Waals surface area contributed by atoms with Crippen molar-refractivity contribution in [2.45, 2.75) is 33.0 Å². The van der Waals surface area contributed by atoms with Crippen LogP contribution >= 0.6 is 30.8 Å². The number of benzene rings is 2. The van der Waals surface area contributed by atoms with E-state index in [9.17, 15) is 4.57 Å². The number of aryl methyl sites for hydroxylation is 1. The van der Waals surface area contributed by atoms with Crippen molar-refractivity contribution in [1.82, 2.24) is 0 Å². The first-order valence-electron chi connectivity index (χ1n) is 9.44. The second-order valence-corrected chi connectivity index (χ2v) is 10.8. The zero-order valence-corrected chi connectivity index (χ0v) is 19.4. The molecule has 3 rings (SSSR count). The summed E-state index contributed by atoms with van der Waals surface area (Å²) in [5.74, 6) is -0.455. The molecular weight excluding hydrogens is 432 g/mol. The van der Waals surface area contributed by atoms with Crippen LogP contribution in [0.5, 0.6) is 5.75 Å². The molecule has 0 spiro atoms. The Morgan fingerprint density at radius 2 is 1.79 bits per heavy atom. The minimum atomic E-state index is -3.60. The third-order valence-electron chi connectivity index (χ3n) is 4.79. The van der Waals surface area contributed by atoms with Gasteiger partial charge in [0.15, 0.2) is 5.78 Å². The van der Waals surface area contributed by atoms with Gasteiger partial charge in [0, 0.05) is 21.7 Å². The highest BCUT2D eigenvalue weighted by atomic mass is 35.5. The fourth-order valence-electron chi connectivity index (χ4n) is 3.08. The fraction of sp³-hybridized carbons (Fsp3) is 0.429. The van der Waals surface area contributed by atoms with Crippen molar-refractivity contribution in [3.8, 4) is 5.75 Å². The van der Waals surface area contributed by atoms with Gasteiger partial charge in [0.25, 0.3) is 0 Å². The van der Waals surface area contributed by atoms with Crippen molar-refractivity contribution in [2.75, 3.05) is 25.6 Å². The average molecular weight is 458 g/mol. The molecule has 2 aromatic carbocycles. The van der Waals surface area contributed by atoms with Crippen molar-refractivity contribution in [3.05, 3.63) is 57.6 Å². The van der Waals surface area contributed by atoms with E-state index in [4.69, 9.17) is 37.0 Å². The normalized spacial score (nSPS) is 18.8. The van der Waals surface area contributed by atoms with Gasteiger partial charge in [-0.15, -0.1) is 0 Å². The monoisotopic (exact) mass is 457 g/mol. The van der Waals surface area contributed by atoms with E-state index in [0.717, 1.165) is 12.1 Å². The second kappa shape index (κ2) is 8.87. The highest BCUT2D eigenvalue weighted by molar-refractivity contribution is 7.54. The Bertz CT molecular complexity index is 904. The molecule has 0 bridgehead atoms. The number of halogens is 2. The van der Waals surface area contributed by atoms with Gasteiger partial charge in [-0.25, -0.2) is 0 Å². The van der Waals surface area contributed by atoms with Gasteiger partial charge in [0.2, 0.25) is 0 Å². The molecule has 8 heteroatoms. The lowest BCUT2D eigenvalue weighted by Crippen LogP contribution is -2.32. The lowest BCUT2D eigenvalue weighted by atomic mass is 9.97. The molecule has 158 valence electrons. The summed E-state index contributed by atoms with van der Waals surface area (Å²) in [7, 11) is -2.09. The Labute approximate surface area is 182 Å². The number of ether oxygens (including phenoxy) is 1. The molecule has 1 atom stereocenters. The lowest BCUT2D eigenvalue weighted by molar-refractivity contribution is 0.0387. The van der Waals surface area contributed by atoms with Crippen molar-refractivity contribution in [1.29, 1.82) is 0 Å². The molecule has 0 aliphatic carbocycles. The molecular formula is C21H26Cl2NO4P. The van der Waals surface area contributed by atoms with E-state index in [2.05, 4.69) is 12.2 Å². The van der Waals surface area contributed by atoms with Gasteiger partial charge < -0.3 is 19.1 Å². The predicted molar refractivity (Wildman–Crippen MR) is 118 cm³/mol.